The zero-order valence-corrected chi connectivity index (χ0v) is 20.5. The average molecular weight is 451 g/mol. The minimum Gasteiger partial charge on any atom is -0.458 e. The van der Waals surface area contributed by atoms with Crippen molar-refractivity contribution in [2.24, 2.45) is 17.3 Å². The van der Waals surface area contributed by atoms with Gasteiger partial charge in [0.15, 0.2) is 0 Å². The number of epoxide rings is 1. The Morgan fingerprint density at radius 1 is 1.03 bits per heavy atom. The van der Waals surface area contributed by atoms with Crippen LogP contribution in [-0.2, 0) is 23.8 Å². The van der Waals surface area contributed by atoms with Crippen LogP contribution in [0.4, 0.5) is 0 Å². The van der Waals surface area contributed by atoms with Gasteiger partial charge in [-0.3, -0.25) is 0 Å². The van der Waals surface area contributed by atoms with Gasteiger partial charge in [0.05, 0.1) is 17.3 Å². The molecule has 0 unspecified atom stereocenters. The monoisotopic (exact) mass is 450 g/mol. The normalized spacial score (nSPS) is 43.9. The molecule has 0 amide bonds. The van der Waals surface area contributed by atoms with Crippen LogP contribution in [0.3, 0.4) is 0 Å². The van der Waals surface area contributed by atoms with Crippen LogP contribution >= 0.6 is 0 Å². The summed E-state index contributed by atoms with van der Waals surface area (Å²) in [6, 6.07) is 0. The molecule has 7 nitrogen and oxygen atoms in total. The van der Waals surface area contributed by atoms with Gasteiger partial charge >= 0.3 is 11.9 Å². The van der Waals surface area contributed by atoms with Gasteiger partial charge in [-0.25, -0.2) is 9.59 Å². The zero-order chi connectivity index (χ0) is 24.2. The van der Waals surface area contributed by atoms with Crippen LogP contribution < -0.4 is 0 Å². The number of aliphatic hydroxyl groups is 2. The lowest BCUT2D eigenvalue weighted by Gasteiger charge is -2.46. The molecule has 0 aromatic carbocycles. The van der Waals surface area contributed by atoms with Gasteiger partial charge < -0.3 is 24.4 Å². The molecule has 1 saturated heterocycles. The summed E-state index contributed by atoms with van der Waals surface area (Å²) in [6.07, 6.45) is 0.855. The topological polar surface area (TPSA) is 106 Å². The number of carbonyl (C=O) groups is 2. The van der Waals surface area contributed by atoms with Gasteiger partial charge in [0.2, 0.25) is 0 Å². The van der Waals surface area contributed by atoms with Crippen LogP contribution in [0.25, 0.3) is 0 Å². The predicted molar refractivity (Wildman–Crippen MR) is 119 cm³/mol. The fraction of sp³-hybridized carbons (Fsp3) is 0.760. The zero-order valence-electron chi connectivity index (χ0n) is 20.5. The molecule has 32 heavy (non-hydrogen) atoms. The van der Waals surface area contributed by atoms with Crippen molar-refractivity contribution in [3.63, 3.8) is 0 Å². The lowest BCUT2D eigenvalue weighted by atomic mass is 9.66. The highest BCUT2D eigenvalue weighted by molar-refractivity contribution is 5.88. The standard InChI is InChI=1S/C25H38O7/c1-9-14(5)21(27)30-16-11-23(7)19(32-23)20(31-22(28)15(6)10-2)24(8)17(26)12-25(29,13(3)4)18(16)24/h9-10,13,16-20,26,29H,11-12H2,1-8H3/b14-9-,15-10-/t16-,17-,18+,19+,20-,23-,24+,25+/m0/s1. The van der Waals surface area contributed by atoms with Crippen molar-refractivity contribution in [1.82, 2.24) is 0 Å². The number of fused-ring (bicyclic) bond motifs is 2. The number of allylic oxidation sites excluding steroid dienone is 2. The fourth-order valence-electron chi connectivity index (χ4n) is 5.70. The molecule has 0 aromatic heterocycles. The van der Waals surface area contributed by atoms with Crippen LogP contribution in [-0.4, -0.2) is 57.8 Å². The summed E-state index contributed by atoms with van der Waals surface area (Å²) in [5, 5.41) is 23.2. The molecule has 3 fully saturated rings. The van der Waals surface area contributed by atoms with Gasteiger partial charge in [-0.1, -0.05) is 32.9 Å². The smallest absolute Gasteiger partial charge is 0.333 e. The van der Waals surface area contributed by atoms with Crippen LogP contribution in [0.1, 0.15) is 68.2 Å². The molecule has 0 radical (unpaired) electrons. The highest BCUT2D eigenvalue weighted by atomic mass is 16.6. The Labute approximate surface area is 190 Å². The van der Waals surface area contributed by atoms with E-state index in [-0.39, 0.29) is 12.3 Å². The number of hydrogen-bond donors (Lipinski definition) is 2. The summed E-state index contributed by atoms with van der Waals surface area (Å²) in [6.45, 7) is 14.4. The third-order valence-corrected chi connectivity index (χ3v) is 8.26. The first kappa shape index (κ1) is 24.9. The van der Waals surface area contributed by atoms with Gasteiger partial charge in [-0.15, -0.1) is 0 Å². The van der Waals surface area contributed by atoms with Crippen LogP contribution in [0.2, 0.25) is 0 Å². The molecule has 0 aromatic rings. The van der Waals surface area contributed by atoms with E-state index in [4.69, 9.17) is 14.2 Å². The first-order valence-electron chi connectivity index (χ1n) is 11.5. The largest absolute Gasteiger partial charge is 0.458 e. The van der Waals surface area contributed by atoms with E-state index in [2.05, 4.69) is 0 Å². The van der Waals surface area contributed by atoms with E-state index in [0.29, 0.717) is 17.6 Å². The second kappa shape index (κ2) is 8.26. The van der Waals surface area contributed by atoms with E-state index < -0.39 is 58.9 Å². The first-order chi connectivity index (χ1) is 14.8. The van der Waals surface area contributed by atoms with E-state index in [9.17, 15) is 19.8 Å². The van der Waals surface area contributed by atoms with Crippen molar-refractivity contribution in [3.05, 3.63) is 23.3 Å². The van der Waals surface area contributed by atoms with E-state index in [1.54, 1.807) is 39.8 Å². The molecule has 0 spiro atoms. The van der Waals surface area contributed by atoms with Crippen molar-refractivity contribution in [2.75, 3.05) is 0 Å². The minimum absolute atomic E-state index is 0.0998. The molecule has 7 heteroatoms. The molecule has 3 rings (SSSR count). The Balaban J connectivity index is 2.12. The Morgan fingerprint density at radius 3 is 2.06 bits per heavy atom. The van der Waals surface area contributed by atoms with E-state index in [1.165, 1.54) is 0 Å². The summed E-state index contributed by atoms with van der Waals surface area (Å²) < 4.78 is 18.0. The van der Waals surface area contributed by atoms with Crippen LogP contribution in [0, 0.1) is 17.3 Å². The molecule has 2 N–H and O–H groups in total. The quantitative estimate of drug-likeness (QED) is 0.377. The predicted octanol–water partition coefficient (Wildman–Crippen LogP) is 3.08. The van der Waals surface area contributed by atoms with Gasteiger partial charge in [-0.05, 0) is 40.5 Å². The number of hydrogen-bond acceptors (Lipinski definition) is 7. The minimum atomic E-state index is -1.31. The van der Waals surface area contributed by atoms with Crippen LogP contribution in [0.5, 0.6) is 0 Å². The first-order valence-corrected chi connectivity index (χ1v) is 11.5. The molecular formula is C25H38O7. The highest BCUT2D eigenvalue weighted by Gasteiger charge is 2.76. The van der Waals surface area contributed by atoms with Gasteiger partial charge in [0.25, 0.3) is 0 Å². The molecule has 8 atom stereocenters. The maximum Gasteiger partial charge on any atom is 0.333 e. The molecule has 1 aliphatic heterocycles. The fourth-order valence-corrected chi connectivity index (χ4v) is 5.70. The third kappa shape index (κ3) is 3.72. The van der Waals surface area contributed by atoms with Crippen molar-refractivity contribution in [2.45, 2.75) is 104 Å². The number of aliphatic hydroxyl groups excluding tert-OH is 1. The van der Waals surface area contributed by atoms with Gasteiger partial charge in [0, 0.05) is 35.3 Å². The number of carbonyl (C=O) groups excluding carboxylic acids is 2. The molecular weight excluding hydrogens is 412 g/mol. The summed E-state index contributed by atoms with van der Waals surface area (Å²) in [4.78, 5) is 25.5. The van der Waals surface area contributed by atoms with Crippen molar-refractivity contribution >= 4 is 11.9 Å². The number of ether oxygens (including phenoxy) is 3. The molecule has 2 saturated carbocycles. The summed E-state index contributed by atoms with van der Waals surface area (Å²) in [7, 11) is 0. The van der Waals surface area contributed by atoms with Crippen molar-refractivity contribution in [1.29, 1.82) is 0 Å². The second-order valence-electron chi connectivity index (χ2n) is 10.5. The second-order valence-corrected chi connectivity index (χ2v) is 10.5. The number of rotatable bonds is 5. The summed E-state index contributed by atoms with van der Waals surface area (Å²) >= 11 is 0. The Morgan fingerprint density at radius 2 is 1.56 bits per heavy atom. The number of esters is 2. The lowest BCUT2D eigenvalue weighted by Crippen LogP contribution is -2.56. The lowest BCUT2D eigenvalue weighted by molar-refractivity contribution is -0.186. The Hall–Kier alpha value is -1.70. The molecule has 1 heterocycles. The SMILES string of the molecule is C/C=C(/C)C(=O)O[C@H]1C[C@]2(C)O[C@@H]2[C@H](OC(=O)/C(C)=C\C)[C@@]2(C)[C@@H]1[C@](O)(C(C)C)C[C@@H]2O. The van der Waals surface area contributed by atoms with Crippen molar-refractivity contribution < 1.29 is 34.0 Å². The molecule has 2 aliphatic carbocycles. The highest BCUT2D eigenvalue weighted by Crippen LogP contribution is 2.64. The maximum absolute atomic E-state index is 12.8. The summed E-state index contributed by atoms with van der Waals surface area (Å²) in [5.41, 5.74) is -2.15. The van der Waals surface area contributed by atoms with Gasteiger partial charge in [-0.2, -0.15) is 0 Å². The molecule has 180 valence electrons. The molecule has 3 aliphatic rings. The van der Waals surface area contributed by atoms with Crippen molar-refractivity contribution in [3.8, 4) is 0 Å². The summed E-state index contributed by atoms with van der Waals surface area (Å²) in [5.74, 6) is -1.81. The van der Waals surface area contributed by atoms with E-state index in [0.717, 1.165) is 0 Å². The van der Waals surface area contributed by atoms with E-state index in [1.807, 2.05) is 27.7 Å². The Bertz CT molecular complexity index is 845. The van der Waals surface area contributed by atoms with E-state index >= 15 is 0 Å². The Kier molecular flexibility index (Phi) is 6.44. The third-order valence-electron chi connectivity index (χ3n) is 8.26. The van der Waals surface area contributed by atoms with Crippen LogP contribution in [0.15, 0.2) is 23.3 Å². The molecule has 0 bridgehead atoms. The average Bonchev–Trinajstić information content (AvgIpc) is 3.33. The van der Waals surface area contributed by atoms with Gasteiger partial charge in [0.1, 0.15) is 18.3 Å². The maximum atomic E-state index is 12.8.